The third-order valence-corrected chi connectivity index (χ3v) is 19.6. The standard InChI is InChI=1S/C78H114O16/c1-14-15-18-25-61(73(55(4)5)56(6)7)43-46-77(47-48-78(62-29-35-65(85-11)36-30-62,63-31-37-66(86-12)38-32-63)64-33-39-67(87-13)40-34-64)44-41-60(42-45-77)69(82)26-19-16-22-49-88-71(83)27-20-17-23-50-89-72(84)28-21-24-51-90-76-68(52-54(2)3)74(92-58(9)80)75(93-59(10)81)70(94-76)53-91-57(8)79/h1,29-40,54-56,60-61,68,70,73-76H,15-28,41-53H2,2-13H3/t60?,61?,68-,70-,74-,75+,76+,77?/m1/s1. The number of Topliss-reactive ketones (excluding diaryl/α,β-unsaturated/α-hetero) is 1. The second kappa shape index (κ2) is 40.8. The Morgan fingerprint density at radius 2 is 1.05 bits per heavy atom. The predicted octanol–water partition coefficient (Wildman–Crippen LogP) is 15.9. The van der Waals surface area contributed by atoms with Crippen molar-refractivity contribution in [3.05, 3.63) is 89.5 Å². The van der Waals surface area contributed by atoms with Crippen LogP contribution in [0.15, 0.2) is 72.8 Å². The third-order valence-electron chi connectivity index (χ3n) is 19.6. The second-order valence-electron chi connectivity index (χ2n) is 27.5. The summed E-state index contributed by atoms with van der Waals surface area (Å²) in [6.07, 6.45) is 19.6. The van der Waals surface area contributed by atoms with Gasteiger partial charge in [-0.15, -0.1) is 12.3 Å². The van der Waals surface area contributed by atoms with Gasteiger partial charge in [0.05, 0.1) is 40.5 Å². The lowest BCUT2D eigenvalue weighted by atomic mass is 9.59. The maximum absolute atomic E-state index is 14.1. The third kappa shape index (κ3) is 25.0. The summed E-state index contributed by atoms with van der Waals surface area (Å²) in [6.45, 7) is 17.9. The van der Waals surface area contributed by atoms with Gasteiger partial charge in [0.15, 0.2) is 12.4 Å². The molecule has 0 radical (unpaired) electrons. The fourth-order valence-electron chi connectivity index (χ4n) is 14.9. The summed E-state index contributed by atoms with van der Waals surface area (Å²) < 4.78 is 57.1. The van der Waals surface area contributed by atoms with Crippen LogP contribution < -0.4 is 14.2 Å². The van der Waals surface area contributed by atoms with E-state index in [1.807, 2.05) is 13.8 Å². The number of ketones is 1. The molecule has 1 heterocycles. The number of hydrogen-bond donors (Lipinski definition) is 0. The molecule has 16 nitrogen and oxygen atoms in total. The van der Waals surface area contributed by atoms with Crippen molar-refractivity contribution < 1.29 is 76.1 Å². The normalized spacial score (nSPS) is 20.1. The van der Waals surface area contributed by atoms with Gasteiger partial charge in [-0.05, 0) is 210 Å². The zero-order valence-electron chi connectivity index (χ0n) is 59.0. The van der Waals surface area contributed by atoms with Crippen molar-refractivity contribution in [2.45, 2.75) is 240 Å². The molecular formula is C78H114O16. The van der Waals surface area contributed by atoms with Crippen molar-refractivity contribution >= 4 is 35.6 Å². The number of esters is 5. The highest BCUT2D eigenvalue weighted by atomic mass is 16.7. The summed E-state index contributed by atoms with van der Waals surface area (Å²) >= 11 is 0. The minimum atomic E-state index is -1.02. The van der Waals surface area contributed by atoms with E-state index in [0.717, 1.165) is 101 Å². The fraction of sp³-hybridized carbons (Fsp3) is 0.667. The lowest BCUT2D eigenvalue weighted by molar-refractivity contribution is -0.294. The number of methoxy groups -OCH3 is 3. The Morgan fingerprint density at radius 1 is 0.574 bits per heavy atom. The predicted molar refractivity (Wildman–Crippen MR) is 364 cm³/mol. The molecule has 0 N–H and O–H groups in total. The molecule has 16 heteroatoms. The second-order valence-corrected chi connectivity index (χ2v) is 27.5. The highest BCUT2D eigenvalue weighted by Gasteiger charge is 2.51. The van der Waals surface area contributed by atoms with Gasteiger partial charge < -0.3 is 47.4 Å². The molecule has 0 spiro atoms. The van der Waals surface area contributed by atoms with Crippen LogP contribution >= 0.6 is 0 Å². The molecular weight excluding hydrogens is 1190 g/mol. The molecule has 1 aliphatic carbocycles. The first-order valence-corrected chi connectivity index (χ1v) is 35.0. The molecule has 0 bridgehead atoms. The number of unbranched alkanes of at least 4 members (excludes halogenated alkanes) is 6. The molecule has 1 saturated heterocycles. The van der Waals surface area contributed by atoms with E-state index in [1.165, 1.54) is 37.5 Å². The summed E-state index contributed by atoms with van der Waals surface area (Å²) in [7, 11) is 5.12. The van der Waals surface area contributed by atoms with E-state index in [0.29, 0.717) is 87.4 Å². The van der Waals surface area contributed by atoms with Crippen molar-refractivity contribution in [3.8, 4) is 29.6 Å². The Kier molecular flexibility index (Phi) is 34.0. The van der Waals surface area contributed by atoms with Crippen LogP contribution in [-0.2, 0) is 67.3 Å². The first kappa shape index (κ1) is 78.3. The highest BCUT2D eigenvalue weighted by molar-refractivity contribution is 5.81. The van der Waals surface area contributed by atoms with Crippen molar-refractivity contribution in [1.82, 2.24) is 0 Å². The zero-order chi connectivity index (χ0) is 68.6. The summed E-state index contributed by atoms with van der Waals surface area (Å²) in [5, 5.41) is 0. The SMILES string of the molecule is C#CCCCC(CCC1(CCC(c2ccc(OC)cc2)(c2ccc(OC)cc2)c2ccc(OC)cc2)CCC(C(=O)CCCCCOC(=O)CCCCCOC(=O)CCCCO[C@H]2O[C@H](COC(C)=O)[C@H](OC(C)=O)[C@H](OC(C)=O)[C@H]2CC(C)C)CC1)C(C(C)C)C(C)C. The number of carbonyl (C=O) groups excluding carboxylic acids is 6. The number of rotatable bonds is 43. The summed E-state index contributed by atoms with van der Waals surface area (Å²) in [4.78, 5) is 75.5. The van der Waals surface area contributed by atoms with Gasteiger partial charge >= 0.3 is 29.8 Å². The molecule has 0 aromatic heterocycles. The molecule has 522 valence electrons. The molecule has 1 saturated carbocycles. The Hall–Kier alpha value is -6.44. The molecule has 5 rings (SSSR count). The summed E-state index contributed by atoms with van der Waals surface area (Å²) in [5.41, 5.74) is 3.05. The fourth-order valence-corrected chi connectivity index (χ4v) is 14.9. The molecule has 6 atom stereocenters. The number of ether oxygens (including phenoxy) is 10. The van der Waals surface area contributed by atoms with Crippen LogP contribution in [0, 0.1) is 59.2 Å². The van der Waals surface area contributed by atoms with Gasteiger partial charge in [0.25, 0.3) is 0 Å². The van der Waals surface area contributed by atoms with Gasteiger partial charge in [-0.2, -0.15) is 0 Å². The first-order chi connectivity index (χ1) is 45.1. The lowest BCUT2D eigenvalue weighted by Gasteiger charge is -2.45. The Labute approximate surface area is 563 Å². The van der Waals surface area contributed by atoms with E-state index in [-0.39, 0.29) is 61.9 Å². The van der Waals surface area contributed by atoms with Crippen molar-refractivity contribution in [2.75, 3.05) is 47.8 Å². The van der Waals surface area contributed by atoms with Crippen LogP contribution in [0.1, 0.15) is 227 Å². The smallest absolute Gasteiger partial charge is 0.305 e. The number of terminal acetylenes is 1. The largest absolute Gasteiger partial charge is 0.497 e. The van der Waals surface area contributed by atoms with Crippen LogP contribution in [0.3, 0.4) is 0 Å². The van der Waals surface area contributed by atoms with Crippen molar-refractivity contribution in [2.24, 2.45) is 46.8 Å². The molecule has 0 amide bonds. The van der Waals surface area contributed by atoms with Gasteiger partial charge in [-0.3, -0.25) is 28.8 Å². The molecule has 94 heavy (non-hydrogen) atoms. The first-order valence-electron chi connectivity index (χ1n) is 35.0. The minimum absolute atomic E-state index is 0.0170. The van der Waals surface area contributed by atoms with Crippen LogP contribution in [0.25, 0.3) is 0 Å². The van der Waals surface area contributed by atoms with E-state index < -0.39 is 53.8 Å². The van der Waals surface area contributed by atoms with Crippen molar-refractivity contribution in [1.29, 1.82) is 0 Å². The van der Waals surface area contributed by atoms with Gasteiger partial charge in [0, 0.05) is 64.4 Å². The Bertz CT molecular complexity index is 2650. The number of benzene rings is 3. The number of hydrogen-bond acceptors (Lipinski definition) is 16. The van der Waals surface area contributed by atoms with E-state index in [4.69, 9.17) is 53.8 Å². The van der Waals surface area contributed by atoms with Gasteiger partial charge in [-0.1, -0.05) is 77.9 Å². The van der Waals surface area contributed by atoms with Gasteiger partial charge in [0.2, 0.25) is 0 Å². The maximum Gasteiger partial charge on any atom is 0.305 e. The molecule has 1 aliphatic heterocycles. The topological polar surface area (TPSA) is 195 Å². The van der Waals surface area contributed by atoms with Crippen molar-refractivity contribution in [3.63, 3.8) is 0 Å². The summed E-state index contributed by atoms with van der Waals surface area (Å²) in [6, 6.07) is 25.7. The Morgan fingerprint density at radius 3 is 1.51 bits per heavy atom. The Balaban J connectivity index is 1.09. The maximum atomic E-state index is 14.1. The van der Waals surface area contributed by atoms with E-state index in [9.17, 15) is 28.8 Å². The lowest BCUT2D eigenvalue weighted by Crippen LogP contribution is -2.59. The average molecular weight is 1310 g/mol. The summed E-state index contributed by atoms with van der Waals surface area (Å²) in [5.74, 6) is 5.30. The average Bonchev–Trinajstić information content (AvgIpc) is 0.762. The van der Waals surface area contributed by atoms with Crippen LogP contribution in [0.5, 0.6) is 17.2 Å². The minimum Gasteiger partial charge on any atom is -0.497 e. The highest BCUT2D eigenvalue weighted by Crippen LogP contribution is 2.53. The molecule has 3 aromatic rings. The molecule has 2 aliphatic rings. The van der Waals surface area contributed by atoms with E-state index in [2.05, 4.69) is 106 Å². The monoisotopic (exact) mass is 1310 g/mol. The number of carbonyl (C=O) groups is 6. The quantitative estimate of drug-likeness (QED) is 0.0170. The van der Waals surface area contributed by atoms with Crippen LogP contribution in [0.4, 0.5) is 0 Å². The van der Waals surface area contributed by atoms with Crippen LogP contribution in [0.2, 0.25) is 0 Å². The van der Waals surface area contributed by atoms with E-state index in [1.54, 1.807) is 21.3 Å². The molecule has 2 fully saturated rings. The van der Waals surface area contributed by atoms with Gasteiger partial charge in [0.1, 0.15) is 41.8 Å². The molecule has 3 aromatic carbocycles. The molecule has 1 unspecified atom stereocenters. The van der Waals surface area contributed by atoms with E-state index >= 15 is 0 Å². The van der Waals surface area contributed by atoms with Gasteiger partial charge in [-0.25, -0.2) is 0 Å². The zero-order valence-corrected chi connectivity index (χ0v) is 59.0. The van der Waals surface area contributed by atoms with Crippen LogP contribution in [-0.4, -0.2) is 108 Å².